The molecule has 0 aliphatic rings. The van der Waals surface area contributed by atoms with E-state index in [1.165, 1.54) is 11.3 Å². The van der Waals surface area contributed by atoms with E-state index >= 15 is 0 Å². The third-order valence-corrected chi connectivity index (χ3v) is 4.31. The highest BCUT2D eigenvalue weighted by atomic mass is 32.1. The Morgan fingerprint density at radius 3 is 2.91 bits per heavy atom. The van der Waals surface area contributed by atoms with E-state index in [9.17, 15) is 4.79 Å². The van der Waals surface area contributed by atoms with Crippen LogP contribution in [-0.4, -0.2) is 24.1 Å². The molecule has 7 nitrogen and oxygen atoms in total. The average Bonchev–Trinajstić information content (AvgIpc) is 2.85. The van der Waals surface area contributed by atoms with Crippen LogP contribution in [0.4, 0.5) is 5.69 Å². The van der Waals surface area contributed by atoms with Crippen LogP contribution in [0, 0.1) is 23.7 Å². The van der Waals surface area contributed by atoms with Gasteiger partial charge in [0.1, 0.15) is 10.9 Å². The zero-order chi connectivity index (χ0) is 17.0. The molecule has 1 aromatic heterocycles. The van der Waals surface area contributed by atoms with Crippen LogP contribution in [0.15, 0.2) is 23.3 Å². The van der Waals surface area contributed by atoms with Gasteiger partial charge in [-0.25, -0.2) is 4.79 Å². The number of fused-ring (bicyclic) bond motifs is 1. The van der Waals surface area contributed by atoms with Crippen LogP contribution >= 0.6 is 11.3 Å². The van der Waals surface area contributed by atoms with Gasteiger partial charge in [-0.2, -0.15) is 10.4 Å². The van der Waals surface area contributed by atoms with Crippen LogP contribution in [0.1, 0.15) is 22.2 Å². The first-order chi connectivity index (χ1) is 11.0. The molecule has 0 spiro atoms. The second-order valence-electron chi connectivity index (χ2n) is 4.59. The minimum absolute atomic E-state index is 0.195. The number of hydrogen-bond acceptors (Lipinski definition) is 7. The smallest absolute Gasteiger partial charge is 0.348 e. The van der Waals surface area contributed by atoms with Gasteiger partial charge in [0, 0.05) is 4.70 Å². The molecule has 0 saturated carbocycles. The first kappa shape index (κ1) is 16.5. The number of nitrogens with one attached hydrogen (secondary N) is 2. The fourth-order valence-electron chi connectivity index (χ4n) is 1.95. The van der Waals surface area contributed by atoms with Gasteiger partial charge in [-0.15, -0.1) is 11.3 Å². The van der Waals surface area contributed by atoms with Crippen molar-refractivity contribution in [2.45, 2.75) is 13.8 Å². The molecule has 0 saturated heterocycles. The van der Waals surface area contributed by atoms with Crippen LogP contribution in [0.5, 0.6) is 0 Å². The number of thiophene rings is 1. The lowest BCUT2D eigenvalue weighted by atomic mass is 10.1. The van der Waals surface area contributed by atoms with Gasteiger partial charge in [-0.05, 0) is 43.0 Å². The Morgan fingerprint density at radius 1 is 1.57 bits per heavy atom. The Balaban J connectivity index is 2.36. The highest BCUT2D eigenvalue weighted by molar-refractivity contribution is 7.21. The number of carbonyl (C=O) groups excluding carboxylic acids is 1. The summed E-state index contributed by atoms with van der Waals surface area (Å²) in [6, 6.07) is 7.18. The molecule has 0 radical (unpaired) electrons. The minimum Gasteiger partial charge on any atom is -0.462 e. The zero-order valence-corrected chi connectivity index (χ0v) is 13.5. The summed E-state index contributed by atoms with van der Waals surface area (Å²) in [6.45, 7) is 3.95. The normalized spacial score (nSPS) is 11.1. The summed E-state index contributed by atoms with van der Waals surface area (Å²) in [7, 11) is 0. The van der Waals surface area contributed by atoms with Gasteiger partial charge in [0.05, 0.1) is 12.3 Å². The van der Waals surface area contributed by atoms with Gasteiger partial charge in [-0.1, -0.05) is 0 Å². The summed E-state index contributed by atoms with van der Waals surface area (Å²) in [4.78, 5) is 12.5. The topological polar surface area (TPSA) is 124 Å². The van der Waals surface area contributed by atoms with Crippen LogP contribution < -0.4 is 11.2 Å². The molecular formula is C15H15N5O2S. The molecule has 8 heteroatoms. The number of nitrogens with zero attached hydrogens (tertiary/aromatic N) is 2. The molecular weight excluding hydrogens is 314 g/mol. The molecule has 118 valence electrons. The summed E-state index contributed by atoms with van der Waals surface area (Å²) < 4.78 is 6.00. The van der Waals surface area contributed by atoms with E-state index in [2.05, 4.69) is 10.5 Å². The van der Waals surface area contributed by atoms with Crippen molar-refractivity contribution in [1.29, 1.82) is 10.7 Å². The van der Waals surface area contributed by atoms with Crippen molar-refractivity contribution in [3.63, 3.8) is 0 Å². The highest BCUT2D eigenvalue weighted by Gasteiger charge is 2.16. The van der Waals surface area contributed by atoms with Gasteiger partial charge in [0.2, 0.25) is 5.71 Å². The number of esters is 1. The summed E-state index contributed by atoms with van der Waals surface area (Å²) >= 11 is 1.37. The molecule has 23 heavy (non-hydrogen) atoms. The largest absolute Gasteiger partial charge is 0.462 e. The van der Waals surface area contributed by atoms with Crippen LogP contribution in [0.2, 0.25) is 0 Å². The Bertz CT molecular complexity index is 847. The fourth-order valence-corrected chi connectivity index (χ4v) is 3.03. The van der Waals surface area contributed by atoms with E-state index in [1.54, 1.807) is 19.1 Å². The number of benzene rings is 1. The van der Waals surface area contributed by atoms with Gasteiger partial charge in [0.25, 0.3) is 0 Å². The van der Waals surface area contributed by atoms with Crippen LogP contribution in [0.25, 0.3) is 10.1 Å². The SMILES string of the molecule is CCOC(=O)c1sc2ccc(N/N=C(\C#N)C(=N)N)cc2c1C. The number of ether oxygens (including phenoxy) is 1. The van der Waals surface area contributed by atoms with Crippen molar-refractivity contribution in [2.75, 3.05) is 12.0 Å². The molecule has 2 rings (SSSR count). The molecule has 0 aliphatic carbocycles. The summed E-state index contributed by atoms with van der Waals surface area (Å²) in [5.41, 5.74) is 9.19. The Labute approximate surface area is 136 Å². The fraction of sp³-hybridized carbons (Fsp3) is 0.200. The van der Waals surface area contributed by atoms with Crippen molar-refractivity contribution >= 4 is 44.6 Å². The number of nitrogens with two attached hydrogens (primary N) is 1. The minimum atomic E-state index is -0.405. The number of nitriles is 1. The van der Waals surface area contributed by atoms with Gasteiger partial charge < -0.3 is 10.5 Å². The van der Waals surface area contributed by atoms with Crippen LogP contribution in [0.3, 0.4) is 0 Å². The number of amidine groups is 1. The molecule has 1 heterocycles. The molecule has 0 atom stereocenters. The van der Waals surface area contributed by atoms with Gasteiger partial charge >= 0.3 is 5.97 Å². The van der Waals surface area contributed by atoms with E-state index in [4.69, 9.17) is 21.1 Å². The third kappa shape index (κ3) is 3.46. The quantitative estimate of drug-likeness (QED) is 0.336. The number of hydrogen-bond donors (Lipinski definition) is 3. The standard InChI is InChI=1S/C15H15N5O2S/c1-3-22-15(21)13-8(2)10-6-9(4-5-12(10)23-13)19-20-11(7-16)14(17)18/h4-6,19H,3H2,1-2H3,(H3,17,18)/b20-11+. The lowest BCUT2D eigenvalue weighted by Crippen LogP contribution is -2.21. The molecule has 0 bridgehead atoms. The number of rotatable bonds is 5. The third-order valence-electron chi connectivity index (χ3n) is 3.05. The van der Waals surface area contributed by atoms with Crippen molar-refractivity contribution in [3.05, 3.63) is 28.6 Å². The van der Waals surface area contributed by atoms with Crippen molar-refractivity contribution in [1.82, 2.24) is 0 Å². The molecule has 0 aliphatic heterocycles. The summed E-state index contributed by atoms with van der Waals surface area (Å²) in [5, 5.41) is 20.7. The Morgan fingerprint density at radius 2 is 2.30 bits per heavy atom. The molecule has 0 fully saturated rings. The summed E-state index contributed by atoms with van der Waals surface area (Å²) in [6.07, 6.45) is 0. The van der Waals surface area contributed by atoms with Crippen molar-refractivity contribution < 1.29 is 9.53 Å². The second kappa shape index (κ2) is 6.89. The number of aryl methyl sites for hydroxylation is 1. The molecule has 4 N–H and O–H groups in total. The van der Waals surface area contributed by atoms with Gasteiger partial charge in [0.15, 0.2) is 5.84 Å². The maximum atomic E-state index is 11.9. The second-order valence-corrected chi connectivity index (χ2v) is 5.64. The van der Waals surface area contributed by atoms with E-state index in [-0.39, 0.29) is 11.7 Å². The number of carbonyl (C=O) groups is 1. The highest BCUT2D eigenvalue weighted by Crippen LogP contribution is 2.33. The lowest BCUT2D eigenvalue weighted by Gasteiger charge is -2.02. The molecule has 1 aromatic carbocycles. The molecule has 0 unspecified atom stereocenters. The predicted octanol–water partition coefficient (Wildman–Crippen LogP) is 2.61. The maximum Gasteiger partial charge on any atom is 0.348 e. The Hall–Kier alpha value is -2.92. The molecule has 0 amide bonds. The molecule has 2 aromatic rings. The first-order valence-electron chi connectivity index (χ1n) is 6.76. The monoisotopic (exact) mass is 329 g/mol. The van der Waals surface area contributed by atoms with E-state index < -0.39 is 5.84 Å². The van der Waals surface area contributed by atoms with Gasteiger partial charge in [-0.3, -0.25) is 10.8 Å². The first-order valence-corrected chi connectivity index (χ1v) is 7.58. The lowest BCUT2D eigenvalue weighted by molar-refractivity contribution is 0.0531. The average molecular weight is 329 g/mol. The van der Waals surface area contributed by atoms with Crippen molar-refractivity contribution in [2.24, 2.45) is 10.8 Å². The Kier molecular flexibility index (Phi) is 4.93. The van der Waals surface area contributed by atoms with Crippen molar-refractivity contribution in [3.8, 4) is 6.07 Å². The summed E-state index contributed by atoms with van der Waals surface area (Å²) in [5.74, 6) is -0.737. The van der Waals surface area contributed by atoms with Crippen LogP contribution in [-0.2, 0) is 4.74 Å². The number of hydrazone groups is 1. The maximum absolute atomic E-state index is 11.9. The number of anilines is 1. The predicted molar refractivity (Wildman–Crippen MR) is 91.1 cm³/mol. The van der Waals surface area contributed by atoms with E-state index in [1.807, 2.05) is 19.1 Å². The van der Waals surface area contributed by atoms with E-state index in [0.717, 1.165) is 15.6 Å². The van der Waals surface area contributed by atoms with E-state index in [0.29, 0.717) is 17.2 Å². The zero-order valence-electron chi connectivity index (χ0n) is 12.6.